The maximum atomic E-state index is 13.8. The van der Waals surface area contributed by atoms with Crippen LogP contribution in [0.25, 0.3) is 0 Å². The minimum Gasteiger partial charge on any atom is -0.356 e. The quantitative estimate of drug-likeness (QED) is 0.289. The smallest absolute Gasteiger partial charge is 0.259 e. The normalized spacial score (nSPS) is 15.9. The Bertz CT molecular complexity index is 1020. The van der Waals surface area contributed by atoms with Gasteiger partial charge in [0, 0.05) is 37.2 Å². The van der Waals surface area contributed by atoms with Crippen molar-refractivity contribution in [3.8, 4) is 0 Å². The molecule has 3 rings (SSSR count). The zero-order valence-corrected chi connectivity index (χ0v) is 18.1. The fourth-order valence-electron chi connectivity index (χ4n) is 3.31. The predicted octanol–water partition coefficient (Wildman–Crippen LogP) is 4.88. The van der Waals surface area contributed by atoms with Crippen molar-refractivity contribution in [3.05, 3.63) is 51.1 Å². The van der Waals surface area contributed by atoms with Crippen LogP contribution in [-0.2, 0) is 0 Å². The molecule has 7 nitrogen and oxygen atoms in total. The molecule has 2 heterocycles. The number of anilines is 2. The summed E-state index contributed by atoms with van der Waals surface area (Å²) >= 11 is 12.2. The van der Waals surface area contributed by atoms with Crippen LogP contribution in [0.4, 0.5) is 20.3 Å². The number of hydroxylamine groups is 1. The van der Waals surface area contributed by atoms with Crippen LogP contribution >= 0.6 is 23.2 Å². The predicted molar refractivity (Wildman–Crippen MR) is 116 cm³/mol. The molecule has 0 spiro atoms. The van der Waals surface area contributed by atoms with Crippen molar-refractivity contribution in [1.29, 1.82) is 5.41 Å². The number of carbonyl (C=O) groups excluding carboxylic acids is 1. The Labute approximate surface area is 187 Å². The van der Waals surface area contributed by atoms with Crippen molar-refractivity contribution in [1.82, 2.24) is 10.5 Å². The number of pyridine rings is 1. The molecule has 0 atom stereocenters. The first kappa shape index (κ1) is 23.2. The first-order valence-corrected chi connectivity index (χ1v) is 10.3. The van der Waals surface area contributed by atoms with Gasteiger partial charge in [-0.05, 0) is 37.6 Å². The molecular formula is C20H21Cl2F2N5O2. The lowest BCUT2D eigenvalue weighted by Crippen LogP contribution is -2.29. The SMILES string of the molecule is Cc1nc(N2CCCC(F)(F)CC2)c(C(=O)Nc2ccc(Cl)c(C(=N)NO)c2)cc1Cl. The minimum atomic E-state index is -2.75. The van der Waals surface area contributed by atoms with Crippen LogP contribution in [0.5, 0.6) is 0 Å². The lowest BCUT2D eigenvalue weighted by Gasteiger charge is -2.25. The second kappa shape index (κ2) is 9.33. The van der Waals surface area contributed by atoms with Gasteiger partial charge < -0.3 is 10.2 Å². The van der Waals surface area contributed by atoms with Gasteiger partial charge in [-0.15, -0.1) is 0 Å². The van der Waals surface area contributed by atoms with Crippen LogP contribution in [0.2, 0.25) is 10.0 Å². The second-order valence-electron chi connectivity index (χ2n) is 7.26. The van der Waals surface area contributed by atoms with Gasteiger partial charge in [0.15, 0.2) is 5.84 Å². The number of alkyl halides is 2. The maximum absolute atomic E-state index is 13.8. The summed E-state index contributed by atoms with van der Waals surface area (Å²) < 4.78 is 27.6. The Balaban J connectivity index is 1.92. The molecule has 2 aromatic rings. The van der Waals surface area contributed by atoms with Crippen LogP contribution in [0, 0.1) is 12.3 Å². The number of carbonyl (C=O) groups is 1. The fraction of sp³-hybridized carbons (Fsp3) is 0.350. The summed E-state index contributed by atoms with van der Waals surface area (Å²) in [5.41, 5.74) is 2.83. The number of hydrogen-bond acceptors (Lipinski definition) is 5. The Hall–Kier alpha value is -2.49. The number of benzene rings is 1. The summed E-state index contributed by atoms with van der Waals surface area (Å²) in [7, 11) is 0. The lowest BCUT2D eigenvalue weighted by atomic mass is 10.1. The fourth-order valence-corrected chi connectivity index (χ4v) is 3.67. The summed E-state index contributed by atoms with van der Waals surface area (Å²) in [5, 5.41) is 19.8. The van der Waals surface area contributed by atoms with Crippen molar-refractivity contribution in [3.63, 3.8) is 0 Å². The molecule has 1 aliphatic rings. The first-order valence-electron chi connectivity index (χ1n) is 9.51. The molecule has 1 aliphatic heterocycles. The molecule has 0 bridgehead atoms. The Morgan fingerprint density at radius 1 is 1.19 bits per heavy atom. The average Bonchev–Trinajstić information content (AvgIpc) is 2.90. The zero-order chi connectivity index (χ0) is 22.8. The van der Waals surface area contributed by atoms with E-state index in [4.69, 9.17) is 33.8 Å². The van der Waals surface area contributed by atoms with E-state index in [0.29, 0.717) is 17.9 Å². The van der Waals surface area contributed by atoms with E-state index in [1.54, 1.807) is 17.3 Å². The third kappa shape index (κ3) is 5.41. The van der Waals surface area contributed by atoms with Gasteiger partial charge in [-0.2, -0.15) is 0 Å². The van der Waals surface area contributed by atoms with Gasteiger partial charge in [-0.25, -0.2) is 13.8 Å². The van der Waals surface area contributed by atoms with E-state index in [2.05, 4.69) is 10.3 Å². The molecule has 0 aliphatic carbocycles. The van der Waals surface area contributed by atoms with Gasteiger partial charge in [0.1, 0.15) is 5.82 Å². The van der Waals surface area contributed by atoms with Gasteiger partial charge in [0.05, 0.1) is 21.3 Å². The number of hydrogen-bond donors (Lipinski definition) is 4. The van der Waals surface area contributed by atoms with Crippen molar-refractivity contribution in [2.45, 2.75) is 32.1 Å². The van der Waals surface area contributed by atoms with Crippen LogP contribution in [-0.4, -0.2) is 40.9 Å². The standard InChI is InChI=1S/C20H21Cl2F2N5O2/c1-11-16(22)10-14(18(26-11)29-7-2-5-20(23,24)6-8-29)19(30)27-12-3-4-15(21)13(9-12)17(25)28-31/h3-4,9-10,31H,2,5-8H2,1H3,(H2,25,28)(H,27,30). The molecule has 1 saturated heterocycles. The van der Waals surface area contributed by atoms with Crippen LogP contribution < -0.4 is 15.7 Å². The molecule has 166 valence electrons. The highest BCUT2D eigenvalue weighted by atomic mass is 35.5. The van der Waals surface area contributed by atoms with Crippen molar-refractivity contribution in [2.75, 3.05) is 23.3 Å². The highest BCUT2D eigenvalue weighted by Gasteiger charge is 2.33. The number of amides is 1. The molecule has 11 heteroatoms. The molecule has 4 N–H and O–H groups in total. The summed E-state index contributed by atoms with van der Waals surface area (Å²) in [4.78, 5) is 19.1. The Kier molecular flexibility index (Phi) is 6.98. The van der Waals surface area contributed by atoms with Gasteiger partial charge in [0.25, 0.3) is 5.91 Å². The van der Waals surface area contributed by atoms with E-state index in [1.807, 2.05) is 0 Å². The largest absolute Gasteiger partial charge is 0.356 e. The molecular weight excluding hydrogens is 451 g/mol. The Morgan fingerprint density at radius 3 is 2.65 bits per heavy atom. The number of nitrogens with one attached hydrogen (secondary N) is 3. The van der Waals surface area contributed by atoms with E-state index in [-0.39, 0.29) is 58.6 Å². The third-order valence-corrected chi connectivity index (χ3v) is 5.71. The van der Waals surface area contributed by atoms with E-state index >= 15 is 0 Å². The van der Waals surface area contributed by atoms with Crippen LogP contribution in [0.15, 0.2) is 24.3 Å². The second-order valence-corrected chi connectivity index (χ2v) is 8.07. The summed E-state index contributed by atoms with van der Waals surface area (Å²) in [6.07, 6.45) is -0.265. The molecule has 0 radical (unpaired) electrons. The van der Waals surface area contributed by atoms with Crippen LogP contribution in [0.3, 0.4) is 0 Å². The molecule has 0 saturated carbocycles. The van der Waals surface area contributed by atoms with E-state index < -0.39 is 11.8 Å². The monoisotopic (exact) mass is 471 g/mol. The van der Waals surface area contributed by atoms with Gasteiger partial charge in [-0.1, -0.05) is 23.2 Å². The average molecular weight is 472 g/mol. The number of amidine groups is 1. The lowest BCUT2D eigenvalue weighted by molar-refractivity contribution is -0.0102. The summed E-state index contributed by atoms with van der Waals surface area (Å²) in [6, 6.07) is 5.88. The highest BCUT2D eigenvalue weighted by Crippen LogP contribution is 2.32. The number of aryl methyl sites for hydroxylation is 1. The number of rotatable bonds is 4. The zero-order valence-electron chi connectivity index (χ0n) is 16.6. The number of nitrogens with zero attached hydrogens (tertiary/aromatic N) is 2. The van der Waals surface area contributed by atoms with E-state index in [1.165, 1.54) is 24.3 Å². The molecule has 1 fully saturated rings. The third-order valence-electron chi connectivity index (χ3n) is 5.00. The van der Waals surface area contributed by atoms with Crippen molar-refractivity contribution in [2.24, 2.45) is 0 Å². The van der Waals surface area contributed by atoms with Gasteiger partial charge >= 0.3 is 0 Å². The molecule has 0 unspecified atom stereocenters. The van der Waals surface area contributed by atoms with Crippen molar-refractivity contribution >= 4 is 46.4 Å². The summed E-state index contributed by atoms with van der Waals surface area (Å²) in [5.74, 6) is -3.34. The Morgan fingerprint density at radius 2 is 1.94 bits per heavy atom. The molecule has 31 heavy (non-hydrogen) atoms. The number of aromatic nitrogens is 1. The van der Waals surface area contributed by atoms with Gasteiger partial charge in [0.2, 0.25) is 5.92 Å². The highest BCUT2D eigenvalue weighted by molar-refractivity contribution is 6.34. The number of halogens is 4. The van der Waals surface area contributed by atoms with Gasteiger partial charge in [-0.3, -0.25) is 20.9 Å². The van der Waals surface area contributed by atoms with Crippen LogP contribution in [0.1, 0.15) is 40.9 Å². The topological polar surface area (TPSA) is 101 Å². The maximum Gasteiger partial charge on any atom is 0.259 e. The molecule has 1 aromatic carbocycles. The van der Waals surface area contributed by atoms with E-state index in [0.717, 1.165) is 0 Å². The molecule has 1 aromatic heterocycles. The van der Waals surface area contributed by atoms with Crippen molar-refractivity contribution < 1.29 is 18.8 Å². The van der Waals surface area contributed by atoms with E-state index in [9.17, 15) is 13.6 Å². The summed E-state index contributed by atoms with van der Waals surface area (Å²) in [6.45, 7) is 2.08. The molecule has 1 amide bonds. The first-order chi connectivity index (χ1) is 14.6. The minimum absolute atomic E-state index is 0.0613.